The molecule has 2 aromatic rings. The summed E-state index contributed by atoms with van der Waals surface area (Å²) in [6.45, 7) is 5.99. The highest BCUT2D eigenvalue weighted by Crippen LogP contribution is 2.43. The standard InChI is InChI=1S/2C10H17N3OS/c2*1-7-2-3-10(4-7,6-11)5-8-12-9(15)14-13-8/h2*7H,2-6,11H2,1H3,(H,12,13,15). The van der Waals surface area contributed by atoms with E-state index in [0.29, 0.717) is 13.1 Å². The monoisotopic (exact) mass is 454 g/mol. The van der Waals surface area contributed by atoms with Crippen LogP contribution < -0.4 is 11.5 Å². The van der Waals surface area contributed by atoms with Crippen molar-refractivity contribution in [2.75, 3.05) is 13.1 Å². The van der Waals surface area contributed by atoms with Crippen molar-refractivity contribution in [2.45, 2.75) is 65.2 Å². The van der Waals surface area contributed by atoms with Crippen LogP contribution in [0.1, 0.15) is 64.0 Å². The summed E-state index contributed by atoms with van der Waals surface area (Å²) < 4.78 is 9.86. The Bertz CT molecular complexity index is 846. The maximum atomic E-state index is 5.89. The van der Waals surface area contributed by atoms with E-state index < -0.39 is 0 Å². The molecule has 30 heavy (non-hydrogen) atoms. The van der Waals surface area contributed by atoms with Crippen LogP contribution in [0.25, 0.3) is 0 Å². The number of hydrogen-bond donors (Lipinski definition) is 4. The molecule has 0 spiro atoms. The topological polar surface area (TPSA) is 136 Å². The summed E-state index contributed by atoms with van der Waals surface area (Å²) in [5.74, 6) is 3.20. The predicted molar refractivity (Wildman–Crippen MR) is 120 cm³/mol. The molecule has 4 unspecified atom stereocenters. The van der Waals surface area contributed by atoms with Crippen LogP contribution in [0.5, 0.6) is 0 Å². The van der Waals surface area contributed by atoms with Crippen LogP contribution in [0.2, 0.25) is 0 Å². The molecule has 2 aliphatic carbocycles. The fraction of sp³-hybridized carbons (Fsp3) is 0.800. The Hall–Kier alpha value is -1.36. The average molecular weight is 455 g/mol. The lowest BCUT2D eigenvalue weighted by Crippen LogP contribution is -2.30. The molecule has 2 aromatic heterocycles. The second kappa shape index (κ2) is 9.84. The number of hydrogen-bond acceptors (Lipinski definition) is 8. The van der Waals surface area contributed by atoms with E-state index >= 15 is 0 Å². The number of nitrogens with zero attached hydrogens (tertiary/aromatic N) is 2. The average Bonchev–Trinajstić information content (AvgIpc) is 3.48. The van der Waals surface area contributed by atoms with E-state index in [4.69, 9.17) is 44.9 Å². The summed E-state index contributed by atoms with van der Waals surface area (Å²) in [4.78, 5) is 8.82. The summed E-state index contributed by atoms with van der Waals surface area (Å²) in [5.41, 5.74) is 12.2. The van der Waals surface area contributed by atoms with Gasteiger partial charge in [0.25, 0.3) is 0 Å². The minimum atomic E-state index is 0.203. The summed E-state index contributed by atoms with van der Waals surface area (Å²) >= 11 is 9.66. The molecule has 8 nitrogen and oxygen atoms in total. The number of aromatic nitrogens is 4. The fourth-order valence-corrected chi connectivity index (χ4v) is 5.51. The Morgan fingerprint density at radius 2 is 1.27 bits per heavy atom. The molecule has 0 amide bonds. The Morgan fingerprint density at radius 1 is 0.867 bits per heavy atom. The summed E-state index contributed by atoms with van der Waals surface area (Å²) in [6.07, 6.45) is 8.94. The third kappa shape index (κ3) is 5.87. The number of nitrogens with two attached hydrogens (primary N) is 2. The van der Waals surface area contributed by atoms with Gasteiger partial charge in [-0.15, -0.1) is 0 Å². The van der Waals surface area contributed by atoms with Crippen LogP contribution >= 0.6 is 24.4 Å². The van der Waals surface area contributed by atoms with Gasteiger partial charge in [-0.1, -0.05) is 26.7 Å². The molecule has 6 N–H and O–H groups in total. The largest absolute Gasteiger partial charge is 0.348 e. The number of nitrogens with one attached hydrogen (secondary N) is 2. The van der Waals surface area contributed by atoms with Gasteiger partial charge in [0.05, 0.1) is 0 Å². The van der Waals surface area contributed by atoms with Gasteiger partial charge in [0.1, 0.15) is 11.6 Å². The van der Waals surface area contributed by atoms with Crippen molar-refractivity contribution in [3.8, 4) is 0 Å². The van der Waals surface area contributed by atoms with Gasteiger partial charge >= 0.3 is 9.67 Å². The first kappa shape index (κ1) is 23.3. The van der Waals surface area contributed by atoms with Crippen LogP contribution in [-0.4, -0.2) is 33.4 Å². The first-order valence-corrected chi connectivity index (χ1v) is 11.6. The van der Waals surface area contributed by atoms with Gasteiger partial charge in [-0.05, 0) is 85.9 Å². The zero-order valence-corrected chi connectivity index (χ0v) is 19.5. The van der Waals surface area contributed by atoms with Crippen molar-refractivity contribution in [3.63, 3.8) is 0 Å². The Kier molecular flexibility index (Phi) is 7.65. The van der Waals surface area contributed by atoms with Crippen molar-refractivity contribution >= 4 is 24.4 Å². The highest BCUT2D eigenvalue weighted by atomic mass is 32.1. The van der Waals surface area contributed by atoms with Gasteiger partial charge in [-0.25, -0.2) is 10.3 Å². The van der Waals surface area contributed by atoms with E-state index in [2.05, 4.69) is 34.1 Å². The lowest BCUT2D eigenvalue weighted by Gasteiger charge is -2.26. The van der Waals surface area contributed by atoms with Crippen LogP contribution in [0, 0.1) is 32.3 Å². The van der Waals surface area contributed by atoms with E-state index in [-0.39, 0.29) is 20.5 Å². The fourth-order valence-electron chi connectivity index (χ4n) is 5.21. The van der Waals surface area contributed by atoms with Crippen LogP contribution in [0.4, 0.5) is 0 Å². The molecule has 0 aromatic carbocycles. The van der Waals surface area contributed by atoms with Gasteiger partial charge in [-0.2, -0.15) is 9.97 Å². The van der Waals surface area contributed by atoms with E-state index in [1.807, 2.05) is 0 Å². The minimum Gasteiger partial charge on any atom is -0.348 e. The molecule has 0 aliphatic heterocycles. The van der Waals surface area contributed by atoms with E-state index in [0.717, 1.165) is 36.3 Å². The van der Waals surface area contributed by atoms with Crippen molar-refractivity contribution in [2.24, 2.45) is 34.1 Å². The van der Waals surface area contributed by atoms with E-state index in [1.54, 1.807) is 0 Å². The second-order valence-electron chi connectivity index (χ2n) is 9.51. The molecule has 2 aliphatic rings. The normalized spacial score (nSPS) is 30.9. The molecule has 168 valence electrons. The van der Waals surface area contributed by atoms with Crippen molar-refractivity contribution in [1.29, 1.82) is 0 Å². The van der Waals surface area contributed by atoms with Gasteiger partial charge in [-0.3, -0.25) is 0 Å². The predicted octanol–water partition coefficient (Wildman–Crippen LogP) is 4.08. The molecule has 4 rings (SSSR count). The lowest BCUT2D eigenvalue weighted by atomic mass is 9.82. The van der Waals surface area contributed by atoms with Crippen LogP contribution in [0.15, 0.2) is 9.05 Å². The SMILES string of the molecule is CC1CCC(CN)(Cc2nc(=S)o[nH]2)C1.CC1CCC(CN)(Cc2nc(=S)o[nH]2)C1. The molecule has 2 saturated carbocycles. The molecule has 10 heteroatoms. The smallest absolute Gasteiger partial charge is 0.314 e. The molecule has 4 atom stereocenters. The highest BCUT2D eigenvalue weighted by molar-refractivity contribution is 7.71. The summed E-state index contributed by atoms with van der Waals surface area (Å²) in [7, 11) is 0. The van der Waals surface area contributed by atoms with Gasteiger partial charge in [0.15, 0.2) is 0 Å². The maximum Gasteiger partial charge on any atom is 0.314 e. The Labute approximate surface area is 187 Å². The first-order chi connectivity index (χ1) is 14.3. The zero-order chi connectivity index (χ0) is 21.8. The van der Waals surface area contributed by atoms with Crippen molar-refractivity contribution in [1.82, 2.24) is 20.3 Å². The Morgan fingerprint density at radius 3 is 1.50 bits per heavy atom. The van der Waals surface area contributed by atoms with E-state index in [1.165, 1.54) is 38.5 Å². The third-order valence-corrected chi connectivity index (χ3v) is 7.16. The Balaban J connectivity index is 0.000000171. The van der Waals surface area contributed by atoms with Crippen molar-refractivity contribution in [3.05, 3.63) is 21.3 Å². The molecule has 2 fully saturated rings. The first-order valence-electron chi connectivity index (χ1n) is 10.8. The zero-order valence-electron chi connectivity index (χ0n) is 17.9. The summed E-state index contributed by atoms with van der Waals surface area (Å²) in [5, 5.41) is 5.52. The summed E-state index contributed by atoms with van der Waals surface area (Å²) in [6, 6.07) is 0. The minimum absolute atomic E-state index is 0.203. The second-order valence-corrected chi connectivity index (χ2v) is 10.2. The van der Waals surface area contributed by atoms with Crippen LogP contribution in [0.3, 0.4) is 0 Å². The quantitative estimate of drug-likeness (QED) is 0.479. The molecule has 0 saturated heterocycles. The molecular formula is C20H34N6O2S2. The number of H-pyrrole nitrogens is 2. The lowest BCUT2D eigenvalue weighted by molar-refractivity contribution is 0.283. The highest BCUT2D eigenvalue weighted by Gasteiger charge is 2.38. The van der Waals surface area contributed by atoms with Crippen molar-refractivity contribution < 1.29 is 9.05 Å². The van der Waals surface area contributed by atoms with Crippen LogP contribution in [-0.2, 0) is 12.8 Å². The van der Waals surface area contributed by atoms with Gasteiger partial charge in [0.2, 0.25) is 0 Å². The molecule has 2 heterocycles. The molecule has 0 bridgehead atoms. The number of aromatic amines is 2. The molecule has 0 radical (unpaired) electrons. The number of rotatable bonds is 6. The van der Waals surface area contributed by atoms with Gasteiger partial charge in [0, 0.05) is 12.8 Å². The third-order valence-electron chi connectivity index (χ3n) is 6.81. The molecular weight excluding hydrogens is 420 g/mol. The van der Waals surface area contributed by atoms with E-state index in [9.17, 15) is 0 Å². The van der Waals surface area contributed by atoms with Gasteiger partial charge < -0.3 is 20.5 Å². The maximum absolute atomic E-state index is 5.89.